The van der Waals surface area contributed by atoms with Gasteiger partial charge < -0.3 is 10.5 Å². The summed E-state index contributed by atoms with van der Waals surface area (Å²) in [5, 5.41) is 0. The Bertz CT molecular complexity index is 448. The molecule has 110 valence electrons. The van der Waals surface area contributed by atoms with Gasteiger partial charge in [-0.25, -0.2) is 0 Å². The first-order valence-electron chi connectivity index (χ1n) is 7.93. The van der Waals surface area contributed by atoms with E-state index in [-0.39, 0.29) is 6.10 Å². The highest BCUT2D eigenvalue weighted by molar-refractivity contribution is 5.31. The molecule has 0 aromatic heterocycles. The van der Waals surface area contributed by atoms with Crippen molar-refractivity contribution in [3.05, 3.63) is 35.4 Å². The number of piperidine rings is 1. The molecule has 20 heavy (non-hydrogen) atoms. The highest BCUT2D eigenvalue weighted by atomic mass is 16.5. The van der Waals surface area contributed by atoms with Crippen LogP contribution in [0.4, 0.5) is 0 Å². The van der Waals surface area contributed by atoms with Gasteiger partial charge in [0.2, 0.25) is 0 Å². The maximum Gasteiger partial charge on any atom is 0.0954 e. The molecule has 3 rings (SSSR count). The lowest BCUT2D eigenvalue weighted by atomic mass is 9.89. The first-order valence-corrected chi connectivity index (χ1v) is 7.93. The molecule has 1 saturated heterocycles. The van der Waals surface area contributed by atoms with Gasteiger partial charge in [-0.3, -0.25) is 4.90 Å². The fraction of sp³-hybridized carbons (Fsp3) is 0.647. The minimum atomic E-state index is 0.222. The first-order chi connectivity index (χ1) is 9.79. The number of nitrogens with zero attached hydrogens (tertiary/aromatic N) is 1. The van der Waals surface area contributed by atoms with E-state index in [1.807, 2.05) is 0 Å². The molecular weight excluding hydrogens is 248 g/mol. The van der Waals surface area contributed by atoms with Crippen LogP contribution >= 0.6 is 0 Å². The summed E-state index contributed by atoms with van der Waals surface area (Å²) >= 11 is 0. The standard InChI is InChI=1S/C17H26N2O/c1-13-5-4-9-19(16(13)11-18)12-17-15-7-3-2-6-14(15)8-10-20-17/h2-3,6-7,13,16-17H,4-5,8-12,18H2,1H3. The molecule has 0 saturated carbocycles. The molecule has 3 atom stereocenters. The Hall–Kier alpha value is -0.900. The topological polar surface area (TPSA) is 38.5 Å². The van der Waals surface area contributed by atoms with Crippen LogP contribution in [0.25, 0.3) is 0 Å². The third-order valence-corrected chi connectivity index (χ3v) is 4.96. The molecule has 1 fully saturated rings. The minimum Gasteiger partial charge on any atom is -0.372 e. The Morgan fingerprint density at radius 2 is 2.20 bits per heavy atom. The van der Waals surface area contributed by atoms with Gasteiger partial charge in [0.05, 0.1) is 12.7 Å². The summed E-state index contributed by atoms with van der Waals surface area (Å²) in [5.74, 6) is 0.701. The van der Waals surface area contributed by atoms with Crippen molar-refractivity contribution in [3.63, 3.8) is 0 Å². The lowest BCUT2D eigenvalue weighted by Crippen LogP contribution is -2.50. The Morgan fingerprint density at radius 1 is 1.35 bits per heavy atom. The van der Waals surface area contributed by atoms with Crippen molar-refractivity contribution in [1.29, 1.82) is 0 Å². The Balaban J connectivity index is 1.74. The van der Waals surface area contributed by atoms with Crippen LogP contribution in [-0.4, -0.2) is 37.2 Å². The van der Waals surface area contributed by atoms with Crippen LogP contribution in [0.5, 0.6) is 0 Å². The van der Waals surface area contributed by atoms with Crippen molar-refractivity contribution in [3.8, 4) is 0 Å². The van der Waals surface area contributed by atoms with Crippen LogP contribution in [0.1, 0.15) is 37.0 Å². The summed E-state index contributed by atoms with van der Waals surface area (Å²) in [6, 6.07) is 9.24. The highest BCUT2D eigenvalue weighted by Gasteiger charge is 2.31. The van der Waals surface area contributed by atoms with Gasteiger partial charge in [-0.1, -0.05) is 31.2 Å². The minimum absolute atomic E-state index is 0.222. The lowest BCUT2D eigenvalue weighted by Gasteiger charge is -2.41. The predicted octanol–water partition coefficient (Wildman–Crippen LogP) is 2.36. The fourth-order valence-corrected chi connectivity index (χ4v) is 3.78. The first kappa shape index (κ1) is 14.1. The molecule has 2 heterocycles. The van der Waals surface area contributed by atoms with Crippen LogP contribution in [0.3, 0.4) is 0 Å². The van der Waals surface area contributed by atoms with Gasteiger partial charge in [0.1, 0.15) is 0 Å². The zero-order chi connectivity index (χ0) is 13.9. The molecule has 0 radical (unpaired) electrons. The number of rotatable bonds is 3. The average molecular weight is 274 g/mol. The number of nitrogens with two attached hydrogens (primary N) is 1. The molecule has 2 aliphatic heterocycles. The molecule has 1 aromatic rings. The molecule has 0 amide bonds. The lowest BCUT2D eigenvalue weighted by molar-refractivity contribution is -0.00900. The number of benzene rings is 1. The number of hydrogen-bond donors (Lipinski definition) is 1. The van der Waals surface area contributed by atoms with Crippen LogP contribution < -0.4 is 5.73 Å². The van der Waals surface area contributed by atoms with Crippen molar-refractivity contribution in [1.82, 2.24) is 4.90 Å². The maximum atomic E-state index is 6.05. The van der Waals surface area contributed by atoms with Gasteiger partial charge in [0, 0.05) is 19.1 Å². The zero-order valence-corrected chi connectivity index (χ0v) is 12.4. The van der Waals surface area contributed by atoms with Crippen molar-refractivity contribution in [2.75, 3.05) is 26.2 Å². The van der Waals surface area contributed by atoms with Gasteiger partial charge in [-0.05, 0) is 42.9 Å². The molecule has 0 aliphatic carbocycles. The molecule has 3 nitrogen and oxygen atoms in total. The number of ether oxygens (including phenoxy) is 1. The Labute approximate surface area is 122 Å². The molecule has 3 heteroatoms. The second kappa shape index (κ2) is 6.25. The van der Waals surface area contributed by atoms with E-state index in [9.17, 15) is 0 Å². The second-order valence-electron chi connectivity index (χ2n) is 6.23. The monoisotopic (exact) mass is 274 g/mol. The summed E-state index contributed by atoms with van der Waals surface area (Å²) in [5.41, 5.74) is 8.84. The van der Waals surface area contributed by atoms with Crippen LogP contribution in [0.15, 0.2) is 24.3 Å². The van der Waals surface area contributed by atoms with Crippen LogP contribution in [-0.2, 0) is 11.2 Å². The van der Waals surface area contributed by atoms with Gasteiger partial charge in [-0.15, -0.1) is 0 Å². The SMILES string of the molecule is CC1CCCN(CC2OCCc3ccccc32)C1CN. The fourth-order valence-electron chi connectivity index (χ4n) is 3.78. The van der Waals surface area contributed by atoms with E-state index in [2.05, 4.69) is 36.1 Å². The molecule has 0 bridgehead atoms. The van der Waals surface area contributed by atoms with Crippen molar-refractivity contribution < 1.29 is 4.74 Å². The second-order valence-corrected chi connectivity index (χ2v) is 6.23. The molecule has 2 N–H and O–H groups in total. The number of hydrogen-bond acceptors (Lipinski definition) is 3. The molecular formula is C17H26N2O. The number of likely N-dealkylation sites (tertiary alicyclic amines) is 1. The summed E-state index contributed by atoms with van der Waals surface area (Å²) in [6.07, 6.45) is 3.86. The van der Waals surface area contributed by atoms with Crippen molar-refractivity contribution in [2.45, 2.75) is 38.3 Å². The van der Waals surface area contributed by atoms with E-state index in [1.165, 1.54) is 24.0 Å². The zero-order valence-electron chi connectivity index (χ0n) is 12.4. The van der Waals surface area contributed by atoms with Crippen LogP contribution in [0.2, 0.25) is 0 Å². The summed E-state index contributed by atoms with van der Waals surface area (Å²) in [4.78, 5) is 2.56. The van der Waals surface area contributed by atoms with Gasteiger partial charge >= 0.3 is 0 Å². The molecule has 3 unspecified atom stereocenters. The Morgan fingerprint density at radius 3 is 3.05 bits per heavy atom. The molecule has 2 aliphatic rings. The Kier molecular flexibility index (Phi) is 4.39. The molecule has 0 spiro atoms. The third kappa shape index (κ3) is 2.76. The van der Waals surface area contributed by atoms with E-state index in [0.717, 1.165) is 32.7 Å². The van der Waals surface area contributed by atoms with Crippen molar-refractivity contribution in [2.24, 2.45) is 11.7 Å². The predicted molar refractivity (Wildman–Crippen MR) is 81.7 cm³/mol. The smallest absolute Gasteiger partial charge is 0.0954 e. The summed E-state index contributed by atoms with van der Waals surface area (Å²) < 4.78 is 6.05. The number of fused-ring (bicyclic) bond motifs is 1. The van der Waals surface area contributed by atoms with Gasteiger partial charge in [-0.2, -0.15) is 0 Å². The average Bonchev–Trinajstić information content (AvgIpc) is 2.48. The van der Waals surface area contributed by atoms with Crippen LogP contribution in [0, 0.1) is 5.92 Å². The summed E-state index contributed by atoms with van der Waals surface area (Å²) in [7, 11) is 0. The van der Waals surface area contributed by atoms with E-state index >= 15 is 0 Å². The summed E-state index contributed by atoms with van der Waals surface area (Å²) in [6.45, 7) is 6.09. The highest BCUT2D eigenvalue weighted by Crippen LogP contribution is 2.30. The quantitative estimate of drug-likeness (QED) is 0.919. The van der Waals surface area contributed by atoms with E-state index in [1.54, 1.807) is 0 Å². The van der Waals surface area contributed by atoms with Gasteiger partial charge in [0.25, 0.3) is 0 Å². The maximum absolute atomic E-state index is 6.05. The van der Waals surface area contributed by atoms with E-state index in [4.69, 9.17) is 10.5 Å². The largest absolute Gasteiger partial charge is 0.372 e. The van der Waals surface area contributed by atoms with E-state index < -0.39 is 0 Å². The van der Waals surface area contributed by atoms with Crippen molar-refractivity contribution >= 4 is 0 Å². The van der Waals surface area contributed by atoms with E-state index in [0.29, 0.717) is 12.0 Å². The van der Waals surface area contributed by atoms with Gasteiger partial charge in [0.15, 0.2) is 0 Å². The molecule has 1 aromatic carbocycles. The third-order valence-electron chi connectivity index (χ3n) is 4.96. The normalized spacial score (nSPS) is 31.0.